The van der Waals surface area contributed by atoms with Gasteiger partial charge < -0.3 is 0 Å². The number of fused-ring (bicyclic) bond motifs is 1. The summed E-state index contributed by atoms with van der Waals surface area (Å²) in [6, 6.07) is 16.6. The van der Waals surface area contributed by atoms with E-state index in [0.717, 1.165) is 30.0 Å². The molecule has 4 aromatic carbocycles. The zero-order chi connectivity index (χ0) is 24.8. The van der Waals surface area contributed by atoms with Crippen LogP contribution in [-0.2, 0) is 6.42 Å². The van der Waals surface area contributed by atoms with Crippen molar-refractivity contribution >= 4 is 10.8 Å². The molecule has 0 aliphatic heterocycles. The van der Waals surface area contributed by atoms with Gasteiger partial charge in [0.25, 0.3) is 0 Å². The molecule has 0 amide bonds. The molecule has 0 saturated heterocycles. The Morgan fingerprint density at radius 3 is 2.00 bits per heavy atom. The Labute approximate surface area is 202 Å². The van der Waals surface area contributed by atoms with Crippen LogP contribution in [0.4, 0.5) is 17.6 Å². The minimum Gasteiger partial charge on any atom is -0.207 e. The lowest BCUT2D eigenvalue weighted by Crippen LogP contribution is -1.95. The Morgan fingerprint density at radius 1 is 0.600 bits per heavy atom. The molecule has 0 aliphatic carbocycles. The highest BCUT2D eigenvalue weighted by atomic mass is 19.1. The van der Waals surface area contributed by atoms with Crippen molar-refractivity contribution in [3.05, 3.63) is 118 Å². The Kier molecular flexibility index (Phi) is 7.54. The van der Waals surface area contributed by atoms with Crippen LogP contribution in [0.1, 0.15) is 54.0 Å². The fourth-order valence-electron chi connectivity index (χ4n) is 3.73. The SMILES string of the molecule is CCCCCc1cc(F)c(C#Cc2ccc(C#Cc3ccc4cc(F)ccc4c3)c(F)c2)c(F)c1. The van der Waals surface area contributed by atoms with Crippen LogP contribution in [0.2, 0.25) is 0 Å². The summed E-state index contributed by atoms with van der Waals surface area (Å²) in [5, 5.41) is 1.58. The van der Waals surface area contributed by atoms with Gasteiger partial charge in [-0.2, -0.15) is 0 Å². The van der Waals surface area contributed by atoms with E-state index in [9.17, 15) is 17.6 Å². The van der Waals surface area contributed by atoms with Gasteiger partial charge >= 0.3 is 0 Å². The zero-order valence-corrected chi connectivity index (χ0v) is 19.2. The lowest BCUT2D eigenvalue weighted by molar-refractivity contribution is 0.572. The topological polar surface area (TPSA) is 0 Å². The van der Waals surface area contributed by atoms with Gasteiger partial charge in [-0.1, -0.05) is 55.6 Å². The van der Waals surface area contributed by atoms with E-state index in [4.69, 9.17) is 0 Å². The van der Waals surface area contributed by atoms with Gasteiger partial charge in [-0.05, 0) is 83.8 Å². The lowest BCUT2D eigenvalue weighted by Gasteiger charge is -2.04. The molecule has 0 aromatic heterocycles. The Bertz CT molecular complexity index is 1490. The third-order valence-electron chi connectivity index (χ3n) is 5.62. The molecule has 0 atom stereocenters. The predicted octanol–water partition coefficient (Wildman–Crippen LogP) is 7.93. The van der Waals surface area contributed by atoms with Crippen molar-refractivity contribution in [2.75, 3.05) is 0 Å². The quantitative estimate of drug-likeness (QED) is 0.161. The standard InChI is InChI=1S/C31H22F4/c1-2-3-4-5-23-18-30(34)28(31(35)19-23)15-9-22-7-11-24(29(33)17-22)10-6-21-8-12-26-20-27(32)14-13-25(26)16-21/h7-8,11-14,16-20H,2-5H2,1H3. The van der Waals surface area contributed by atoms with E-state index in [1.807, 2.05) is 0 Å². The second kappa shape index (κ2) is 10.9. The van der Waals surface area contributed by atoms with E-state index in [0.29, 0.717) is 17.5 Å². The number of aryl methyl sites for hydroxylation is 1. The van der Waals surface area contributed by atoms with Crippen molar-refractivity contribution in [3.8, 4) is 23.7 Å². The first-order chi connectivity index (χ1) is 16.9. The van der Waals surface area contributed by atoms with Crippen LogP contribution >= 0.6 is 0 Å². The van der Waals surface area contributed by atoms with Crippen molar-refractivity contribution in [2.45, 2.75) is 32.6 Å². The summed E-state index contributed by atoms with van der Waals surface area (Å²) in [5.41, 5.74) is 1.39. The minimum atomic E-state index is -0.718. The molecule has 174 valence electrons. The molecule has 0 saturated carbocycles. The fraction of sp³-hybridized carbons (Fsp3) is 0.161. The second-order valence-corrected chi connectivity index (χ2v) is 8.29. The van der Waals surface area contributed by atoms with Crippen LogP contribution in [-0.4, -0.2) is 0 Å². The van der Waals surface area contributed by atoms with Gasteiger partial charge in [-0.25, -0.2) is 17.6 Å². The summed E-state index contributed by atoms with van der Waals surface area (Å²) in [4.78, 5) is 0. The highest BCUT2D eigenvalue weighted by Gasteiger charge is 2.09. The van der Waals surface area contributed by atoms with Crippen molar-refractivity contribution in [1.82, 2.24) is 0 Å². The van der Waals surface area contributed by atoms with Crippen molar-refractivity contribution in [3.63, 3.8) is 0 Å². The average Bonchev–Trinajstić information content (AvgIpc) is 2.83. The first-order valence-electron chi connectivity index (χ1n) is 11.4. The third-order valence-corrected chi connectivity index (χ3v) is 5.62. The van der Waals surface area contributed by atoms with Crippen LogP contribution in [0.5, 0.6) is 0 Å². The van der Waals surface area contributed by atoms with E-state index in [2.05, 4.69) is 30.6 Å². The summed E-state index contributed by atoms with van der Waals surface area (Å²) in [5.74, 6) is 8.48. The molecule has 4 heteroatoms. The van der Waals surface area contributed by atoms with Crippen LogP contribution < -0.4 is 0 Å². The van der Waals surface area contributed by atoms with Crippen LogP contribution in [0.25, 0.3) is 10.8 Å². The maximum Gasteiger partial charge on any atom is 0.142 e. The van der Waals surface area contributed by atoms with Gasteiger partial charge in [0.2, 0.25) is 0 Å². The largest absolute Gasteiger partial charge is 0.207 e. The molecule has 0 unspecified atom stereocenters. The van der Waals surface area contributed by atoms with Crippen LogP contribution in [0, 0.1) is 47.0 Å². The molecule has 0 heterocycles. The van der Waals surface area contributed by atoms with Crippen LogP contribution in [0.3, 0.4) is 0 Å². The van der Waals surface area contributed by atoms with Gasteiger partial charge in [0.1, 0.15) is 23.3 Å². The molecule has 0 nitrogen and oxygen atoms in total. The molecule has 4 aromatic rings. The summed E-state index contributed by atoms with van der Waals surface area (Å²) >= 11 is 0. The molecular formula is C31H22F4. The Balaban J connectivity index is 1.52. The van der Waals surface area contributed by atoms with E-state index in [1.165, 1.54) is 36.4 Å². The first kappa shape index (κ1) is 24.1. The van der Waals surface area contributed by atoms with E-state index in [-0.39, 0.29) is 22.5 Å². The van der Waals surface area contributed by atoms with E-state index >= 15 is 0 Å². The van der Waals surface area contributed by atoms with Gasteiger partial charge in [0, 0.05) is 11.1 Å². The van der Waals surface area contributed by atoms with Gasteiger partial charge in [0.15, 0.2) is 0 Å². The highest BCUT2D eigenvalue weighted by Crippen LogP contribution is 2.19. The predicted molar refractivity (Wildman–Crippen MR) is 132 cm³/mol. The molecule has 0 aliphatic rings. The average molecular weight is 471 g/mol. The smallest absolute Gasteiger partial charge is 0.142 e. The lowest BCUT2D eigenvalue weighted by atomic mass is 10.0. The molecule has 0 fully saturated rings. The fourth-order valence-corrected chi connectivity index (χ4v) is 3.73. The van der Waals surface area contributed by atoms with Crippen molar-refractivity contribution < 1.29 is 17.6 Å². The first-order valence-corrected chi connectivity index (χ1v) is 11.4. The van der Waals surface area contributed by atoms with Crippen LogP contribution in [0.15, 0.2) is 66.7 Å². The number of hydrogen-bond acceptors (Lipinski definition) is 0. The van der Waals surface area contributed by atoms with Gasteiger partial charge in [-0.15, -0.1) is 0 Å². The maximum absolute atomic E-state index is 14.6. The summed E-state index contributed by atoms with van der Waals surface area (Å²) in [6.45, 7) is 2.07. The zero-order valence-electron chi connectivity index (χ0n) is 19.2. The highest BCUT2D eigenvalue weighted by molar-refractivity contribution is 5.84. The molecular weight excluding hydrogens is 448 g/mol. The third kappa shape index (κ3) is 6.11. The number of hydrogen-bond donors (Lipinski definition) is 0. The summed E-state index contributed by atoms with van der Waals surface area (Å²) in [7, 11) is 0. The van der Waals surface area contributed by atoms with Gasteiger partial charge in [0.05, 0.1) is 11.1 Å². The monoisotopic (exact) mass is 470 g/mol. The normalized spacial score (nSPS) is 10.4. The maximum atomic E-state index is 14.6. The van der Waals surface area contributed by atoms with E-state index < -0.39 is 17.5 Å². The molecule has 35 heavy (non-hydrogen) atoms. The number of benzene rings is 4. The number of halogens is 4. The number of unbranched alkanes of at least 4 members (excludes halogenated alkanes) is 2. The Hall–Kier alpha value is -4.02. The molecule has 0 bridgehead atoms. The molecule has 0 N–H and O–H groups in total. The number of rotatable bonds is 4. The van der Waals surface area contributed by atoms with E-state index in [1.54, 1.807) is 30.3 Å². The molecule has 4 rings (SSSR count). The molecule has 0 spiro atoms. The van der Waals surface area contributed by atoms with Crippen molar-refractivity contribution in [2.24, 2.45) is 0 Å². The van der Waals surface area contributed by atoms with Gasteiger partial charge in [-0.3, -0.25) is 0 Å². The minimum absolute atomic E-state index is 0.170. The van der Waals surface area contributed by atoms with Crippen molar-refractivity contribution in [1.29, 1.82) is 0 Å². The Morgan fingerprint density at radius 2 is 1.26 bits per heavy atom. The second-order valence-electron chi connectivity index (χ2n) is 8.29. The summed E-state index contributed by atoms with van der Waals surface area (Å²) in [6.07, 6.45) is 3.51. The molecule has 0 radical (unpaired) electrons. The summed E-state index contributed by atoms with van der Waals surface area (Å²) < 4.78 is 56.7.